The van der Waals surface area contributed by atoms with Crippen molar-refractivity contribution in [2.24, 2.45) is 0 Å². The average molecular weight is 619 g/mol. The topological polar surface area (TPSA) is 105 Å². The first-order valence-electron chi connectivity index (χ1n) is 15.2. The molecule has 0 aromatic heterocycles. The van der Waals surface area contributed by atoms with Gasteiger partial charge in [-0.2, -0.15) is 0 Å². The van der Waals surface area contributed by atoms with E-state index in [-0.39, 0.29) is 26.4 Å². The van der Waals surface area contributed by atoms with Crippen LogP contribution in [0.3, 0.4) is 0 Å². The summed E-state index contributed by atoms with van der Waals surface area (Å²) in [6, 6.07) is 25.9. The van der Waals surface area contributed by atoms with Gasteiger partial charge in [0.1, 0.15) is 0 Å². The highest BCUT2D eigenvalue weighted by molar-refractivity contribution is 6.09. The van der Waals surface area contributed by atoms with Gasteiger partial charge in [0, 0.05) is 0 Å². The molecule has 0 atom stereocenters. The van der Waals surface area contributed by atoms with E-state index in [0.29, 0.717) is 44.5 Å². The maximum atomic E-state index is 12.7. The lowest BCUT2D eigenvalue weighted by Gasteiger charge is -2.03. The van der Waals surface area contributed by atoms with Gasteiger partial charge in [0.25, 0.3) is 0 Å². The Labute approximate surface area is 267 Å². The Bertz CT molecular complexity index is 1610. The van der Waals surface area contributed by atoms with Gasteiger partial charge in [-0.05, 0) is 84.3 Å². The lowest BCUT2D eigenvalue weighted by atomic mass is 10.0. The summed E-state index contributed by atoms with van der Waals surface area (Å²) in [7, 11) is 0. The second kappa shape index (κ2) is 14.1. The third-order valence-corrected chi connectivity index (χ3v) is 7.57. The molecule has 0 unspecified atom stereocenters. The third kappa shape index (κ3) is 6.33. The standard InChI is InChI=1S/C38H34O8/c1-5-43-35(39)31-21-32(36(40)44-6-2)28-18-14-25(13-17-27(28)31)23-9-11-24(12-10-23)26-15-19-29-30(20-16-26)34(38(42)46-8-4)22-33(29)37(41)45-7-3/h9-22H,5-8H2,1-4H3. The van der Waals surface area contributed by atoms with Crippen molar-refractivity contribution in [3.05, 3.63) is 107 Å². The van der Waals surface area contributed by atoms with E-state index >= 15 is 0 Å². The van der Waals surface area contributed by atoms with E-state index in [2.05, 4.69) is 0 Å². The predicted molar refractivity (Wildman–Crippen MR) is 174 cm³/mol. The summed E-state index contributed by atoms with van der Waals surface area (Å²) in [4.78, 5) is 50.8. The van der Waals surface area contributed by atoms with Gasteiger partial charge < -0.3 is 18.9 Å². The van der Waals surface area contributed by atoms with Gasteiger partial charge in [-0.1, -0.05) is 72.8 Å². The minimum absolute atomic E-state index is 0.215. The fraction of sp³-hybridized carbons (Fsp3) is 0.211. The van der Waals surface area contributed by atoms with Crippen LogP contribution in [0.2, 0.25) is 0 Å². The SMILES string of the molecule is CCOC(=O)c1cc(C(=O)OCC)c2ccc(-c3ccc(-c4ccc5c(C(=O)OCC)cc(C(=O)OCC)c-5cc4)cc3)ccc1-2. The van der Waals surface area contributed by atoms with Crippen molar-refractivity contribution in [2.45, 2.75) is 27.7 Å². The van der Waals surface area contributed by atoms with Crippen LogP contribution in [0.25, 0.3) is 44.5 Å². The molecule has 4 aliphatic carbocycles. The van der Waals surface area contributed by atoms with Gasteiger partial charge in [0.2, 0.25) is 0 Å². The lowest BCUT2D eigenvalue weighted by Crippen LogP contribution is -2.05. The molecule has 0 aliphatic heterocycles. The van der Waals surface area contributed by atoms with Crippen LogP contribution in [0.1, 0.15) is 69.1 Å². The highest BCUT2D eigenvalue weighted by Gasteiger charge is 2.26. The van der Waals surface area contributed by atoms with Crippen LogP contribution in [0.15, 0.2) is 84.9 Å². The van der Waals surface area contributed by atoms with Crippen LogP contribution in [0.5, 0.6) is 0 Å². The van der Waals surface area contributed by atoms with Crippen molar-refractivity contribution >= 4 is 23.9 Å². The first-order valence-corrected chi connectivity index (χ1v) is 15.2. The average Bonchev–Trinajstić information content (AvgIpc) is 3.42. The number of hydrogen-bond donors (Lipinski definition) is 0. The second-order valence-corrected chi connectivity index (χ2v) is 10.3. The Kier molecular flexibility index (Phi) is 9.76. The van der Waals surface area contributed by atoms with Crippen LogP contribution in [0, 0.1) is 0 Å². The molecule has 0 N–H and O–H groups in total. The highest BCUT2D eigenvalue weighted by Crippen LogP contribution is 2.37. The van der Waals surface area contributed by atoms with E-state index in [1.165, 1.54) is 12.1 Å². The molecule has 4 aliphatic rings. The largest absolute Gasteiger partial charge is 0.462 e. The van der Waals surface area contributed by atoms with Crippen molar-refractivity contribution in [3.8, 4) is 44.5 Å². The number of benzene rings is 1. The summed E-state index contributed by atoms with van der Waals surface area (Å²) < 4.78 is 21.0. The molecule has 0 saturated heterocycles. The molecule has 0 bridgehead atoms. The molecular formula is C38H34O8. The van der Waals surface area contributed by atoms with Crippen LogP contribution in [-0.2, 0) is 18.9 Å². The molecule has 1 aromatic carbocycles. The molecule has 234 valence electrons. The fourth-order valence-corrected chi connectivity index (χ4v) is 5.45. The number of esters is 4. The maximum absolute atomic E-state index is 12.7. The number of carbonyl (C=O) groups is 4. The second-order valence-electron chi connectivity index (χ2n) is 10.3. The molecule has 1 aromatic rings. The Morgan fingerprint density at radius 2 is 0.565 bits per heavy atom. The summed E-state index contributed by atoms with van der Waals surface area (Å²) in [5.41, 5.74) is 7.25. The molecule has 5 rings (SSSR count). The van der Waals surface area contributed by atoms with Crippen LogP contribution in [0.4, 0.5) is 0 Å². The minimum atomic E-state index is -0.501. The summed E-state index contributed by atoms with van der Waals surface area (Å²) in [5, 5.41) is 0. The summed E-state index contributed by atoms with van der Waals surface area (Å²) in [6.45, 7) is 7.79. The van der Waals surface area contributed by atoms with Gasteiger partial charge in [-0.25, -0.2) is 19.2 Å². The fourth-order valence-electron chi connectivity index (χ4n) is 5.45. The molecular weight excluding hydrogens is 584 g/mol. The van der Waals surface area contributed by atoms with Crippen molar-refractivity contribution in [1.82, 2.24) is 0 Å². The quantitative estimate of drug-likeness (QED) is 0.115. The van der Waals surface area contributed by atoms with Gasteiger partial charge in [0.15, 0.2) is 0 Å². The van der Waals surface area contributed by atoms with Gasteiger partial charge in [0.05, 0.1) is 48.7 Å². The zero-order valence-corrected chi connectivity index (χ0v) is 26.2. The molecule has 0 saturated carbocycles. The number of carbonyl (C=O) groups excluding carboxylic acids is 4. The monoisotopic (exact) mass is 618 g/mol. The summed E-state index contributed by atoms with van der Waals surface area (Å²) in [5.74, 6) is -2.00. The molecule has 0 amide bonds. The summed E-state index contributed by atoms with van der Waals surface area (Å²) in [6.07, 6.45) is 0. The number of hydrogen-bond acceptors (Lipinski definition) is 8. The molecule has 0 spiro atoms. The first kappa shape index (κ1) is 31.9. The predicted octanol–water partition coefficient (Wildman–Crippen LogP) is 7.94. The normalized spacial score (nSPS) is 10.9. The zero-order valence-electron chi connectivity index (χ0n) is 26.2. The summed E-state index contributed by atoms with van der Waals surface area (Å²) >= 11 is 0. The van der Waals surface area contributed by atoms with Crippen molar-refractivity contribution in [3.63, 3.8) is 0 Å². The number of rotatable bonds is 10. The molecule has 46 heavy (non-hydrogen) atoms. The smallest absolute Gasteiger partial charge is 0.338 e. The Morgan fingerprint density at radius 1 is 0.370 bits per heavy atom. The number of ether oxygens (including phenoxy) is 4. The van der Waals surface area contributed by atoms with E-state index in [1.807, 2.05) is 72.8 Å². The van der Waals surface area contributed by atoms with Gasteiger partial charge in [-0.3, -0.25) is 0 Å². The third-order valence-electron chi connectivity index (χ3n) is 7.57. The zero-order chi connectivity index (χ0) is 32.8. The molecule has 8 heteroatoms. The van der Waals surface area contributed by atoms with Crippen molar-refractivity contribution in [1.29, 1.82) is 0 Å². The van der Waals surface area contributed by atoms with Crippen molar-refractivity contribution in [2.75, 3.05) is 26.4 Å². The molecule has 0 fully saturated rings. The van der Waals surface area contributed by atoms with E-state index in [0.717, 1.165) is 22.3 Å². The Balaban J connectivity index is 1.52. The highest BCUT2D eigenvalue weighted by atomic mass is 16.5. The van der Waals surface area contributed by atoms with Gasteiger partial charge >= 0.3 is 23.9 Å². The molecule has 0 heterocycles. The molecule has 8 nitrogen and oxygen atoms in total. The van der Waals surface area contributed by atoms with Crippen LogP contribution >= 0.6 is 0 Å². The van der Waals surface area contributed by atoms with Crippen molar-refractivity contribution < 1.29 is 38.1 Å². The van der Waals surface area contributed by atoms with Crippen LogP contribution < -0.4 is 0 Å². The first-order chi connectivity index (χ1) is 22.3. The maximum Gasteiger partial charge on any atom is 0.338 e. The van der Waals surface area contributed by atoms with E-state index in [9.17, 15) is 19.2 Å². The minimum Gasteiger partial charge on any atom is -0.462 e. The van der Waals surface area contributed by atoms with Crippen LogP contribution in [-0.4, -0.2) is 50.3 Å². The molecule has 0 radical (unpaired) electrons. The Morgan fingerprint density at radius 3 is 0.761 bits per heavy atom. The van der Waals surface area contributed by atoms with Gasteiger partial charge in [-0.15, -0.1) is 0 Å². The lowest BCUT2D eigenvalue weighted by molar-refractivity contribution is 0.0511. The number of fused-ring (bicyclic) bond motifs is 2. The Hall–Kier alpha value is -5.50. The van der Waals surface area contributed by atoms with E-state index in [1.54, 1.807) is 27.7 Å². The van der Waals surface area contributed by atoms with E-state index < -0.39 is 23.9 Å². The van der Waals surface area contributed by atoms with E-state index in [4.69, 9.17) is 18.9 Å².